The molecular weight excluding hydrogens is 290 g/mol. The maximum Gasteiger partial charge on any atom is 0.331 e. The van der Waals surface area contributed by atoms with Crippen LogP contribution >= 0.6 is 0 Å². The van der Waals surface area contributed by atoms with Gasteiger partial charge in [-0.3, -0.25) is 4.79 Å². The van der Waals surface area contributed by atoms with Crippen LogP contribution in [0.15, 0.2) is 36.4 Å². The fourth-order valence-corrected chi connectivity index (χ4v) is 2.83. The third-order valence-electron chi connectivity index (χ3n) is 4.31. The highest BCUT2D eigenvalue weighted by Crippen LogP contribution is 2.23. The maximum atomic E-state index is 12.2. The third-order valence-corrected chi connectivity index (χ3v) is 4.31. The summed E-state index contributed by atoms with van der Waals surface area (Å²) in [5.74, 6) is -0.244. The lowest BCUT2D eigenvalue weighted by molar-refractivity contribution is -0.150. The minimum Gasteiger partial charge on any atom is -0.449 e. The van der Waals surface area contributed by atoms with Crippen molar-refractivity contribution in [2.75, 3.05) is 0 Å². The van der Waals surface area contributed by atoms with Gasteiger partial charge >= 0.3 is 5.97 Å². The van der Waals surface area contributed by atoms with E-state index in [0.717, 1.165) is 24.8 Å². The number of nitrogens with one attached hydrogen (secondary N) is 1. The van der Waals surface area contributed by atoms with Crippen molar-refractivity contribution < 1.29 is 14.3 Å². The molecule has 1 aliphatic carbocycles. The average Bonchev–Trinajstić information content (AvgIpc) is 2.56. The van der Waals surface area contributed by atoms with E-state index in [1.54, 1.807) is 13.0 Å². The smallest absolute Gasteiger partial charge is 0.331 e. The molecule has 1 fully saturated rings. The molecule has 124 valence electrons. The Bertz CT molecular complexity index is 553. The molecule has 0 radical (unpaired) electrons. The lowest BCUT2D eigenvalue weighted by Crippen LogP contribution is -2.45. The number of hydrogen-bond donors (Lipinski definition) is 1. The molecule has 0 unspecified atom stereocenters. The van der Waals surface area contributed by atoms with Gasteiger partial charge in [0.05, 0.1) is 0 Å². The molecule has 1 aromatic carbocycles. The number of benzene rings is 1. The zero-order valence-corrected chi connectivity index (χ0v) is 13.8. The summed E-state index contributed by atoms with van der Waals surface area (Å²) < 4.78 is 5.17. The number of esters is 1. The SMILES string of the molecule is C[C@@H]1CCCC[C@@H]1NC(=O)[C@@H](C)OC(=O)/C=C/c1ccccc1. The van der Waals surface area contributed by atoms with Crippen LogP contribution in [0.5, 0.6) is 0 Å². The molecular formula is C19H25NO3. The van der Waals surface area contributed by atoms with Gasteiger partial charge in [0.1, 0.15) is 0 Å². The summed E-state index contributed by atoms with van der Waals surface area (Å²) in [6.45, 7) is 3.76. The molecule has 2 rings (SSSR count). The predicted molar refractivity (Wildman–Crippen MR) is 90.6 cm³/mol. The topological polar surface area (TPSA) is 55.4 Å². The van der Waals surface area contributed by atoms with Crippen LogP contribution in [0.3, 0.4) is 0 Å². The molecule has 4 heteroatoms. The Morgan fingerprint density at radius 2 is 1.91 bits per heavy atom. The van der Waals surface area contributed by atoms with E-state index in [4.69, 9.17) is 4.74 Å². The van der Waals surface area contributed by atoms with Crippen molar-refractivity contribution >= 4 is 18.0 Å². The summed E-state index contributed by atoms with van der Waals surface area (Å²) in [7, 11) is 0. The van der Waals surface area contributed by atoms with E-state index >= 15 is 0 Å². The fourth-order valence-electron chi connectivity index (χ4n) is 2.83. The molecule has 1 amide bonds. The van der Waals surface area contributed by atoms with Gasteiger partial charge in [-0.25, -0.2) is 4.79 Å². The van der Waals surface area contributed by atoms with Gasteiger partial charge in [-0.05, 0) is 37.3 Å². The van der Waals surface area contributed by atoms with E-state index in [-0.39, 0.29) is 11.9 Å². The van der Waals surface area contributed by atoms with E-state index in [0.29, 0.717) is 5.92 Å². The Labute approximate surface area is 137 Å². The van der Waals surface area contributed by atoms with E-state index < -0.39 is 12.1 Å². The van der Waals surface area contributed by atoms with Crippen molar-refractivity contribution in [3.8, 4) is 0 Å². The molecule has 4 nitrogen and oxygen atoms in total. The van der Waals surface area contributed by atoms with Crippen molar-refractivity contribution in [3.05, 3.63) is 42.0 Å². The van der Waals surface area contributed by atoms with Crippen LogP contribution in [0.2, 0.25) is 0 Å². The number of carbonyl (C=O) groups excluding carboxylic acids is 2. The van der Waals surface area contributed by atoms with Crippen LogP contribution in [0.25, 0.3) is 6.08 Å². The normalized spacial score (nSPS) is 22.5. The van der Waals surface area contributed by atoms with Crippen LogP contribution < -0.4 is 5.32 Å². The first-order valence-electron chi connectivity index (χ1n) is 8.30. The Hall–Kier alpha value is -2.10. The van der Waals surface area contributed by atoms with Gasteiger partial charge in [-0.1, -0.05) is 50.1 Å². The molecule has 0 aromatic heterocycles. The molecule has 1 N–H and O–H groups in total. The van der Waals surface area contributed by atoms with E-state index in [1.807, 2.05) is 30.3 Å². The zero-order chi connectivity index (χ0) is 16.7. The van der Waals surface area contributed by atoms with Gasteiger partial charge in [0.25, 0.3) is 5.91 Å². The zero-order valence-electron chi connectivity index (χ0n) is 13.8. The highest BCUT2D eigenvalue weighted by Gasteiger charge is 2.25. The third kappa shape index (κ3) is 5.55. The second kappa shape index (κ2) is 8.51. The molecule has 0 bridgehead atoms. The van der Waals surface area contributed by atoms with Gasteiger partial charge in [-0.15, -0.1) is 0 Å². The van der Waals surface area contributed by atoms with E-state index in [1.165, 1.54) is 12.5 Å². The number of carbonyl (C=O) groups is 2. The number of amides is 1. The van der Waals surface area contributed by atoms with Crippen molar-refractivity contribution in [3.63, 3.8) is 0 Å². The largest absolute Gasteiger partial charge is 0.449 e. The van der Waals surface area contributed by atoms with Gasteiger partial charge in [0.15, 0.2) is 6.10 Å². The second-order valence-electron chi connectivity index (χ2n) is 6.20. The number of hydrogen-bond acceptors (Lipinski definition) is 3. The van der Waals surface area contributed by atoms with Gasteiger partial charge < -0.3 is 10.1 Å². The lowest BCUT2D eigenvalue weighted by atomic mass is 9.86. The highest BCUT2D eigenvalue weighted by atomic mass is 16.5. The Morgan fingerprint density at radius 3 is 2.61 bits per heavy atom. The summed E-state index contributed by atoms with van der Waals surface area (Å²) in [6.07, 6.45) is 6.75. The molecule has 23 heavy (non-hydrogen) atoms. The summed E-state index contributed by atoms with van der Waals surface area (Å²) in [5, 5.41) is 3.01. The fraction of sp³-hybridized carbons (Fsp3) is 0.474. The monoisotopic (exact) mass is 315 g/mol. The van der Waals surface area contributed by atoms with Crippen LogP contribution in [0.1, 0.15) is 45.1 Å². The Morgan fingerprint density at radius 1 is 1.22 bits per heavy atom. The standard InChI is InChI=1S/C19H25NO3/c1-14-8-6-7-11-17(14)20-19(22)15(2)23-18(21)13-12-16-9-4-3-5-10-16/h3-5,9-10,12-15,17H,6-8,11H2,1-2H3,(H,20,22)/b13-12+/t14-,15-,17+/m1/s1. The van der Waals surface area contributed by atoms with Crippen LogP contribution in [-0.2, 0) is 14.3 Å². The van der Waals surface area contributed by atoms with Crippen LogP contribution in [0, 0.1) is 5.92 Å². The average molecular weight is 315 g/mol. The molecule has 1 aromatic rings. The van der Waals surface area contributed by atoms with Crippen LogP contribution in [-0.4, -0.2) is 24.0 Å². The first kappa shape index (κ1) is 17.3. The summed E-state index contributed by atoms with van der Waals surface area (Å²) >= 11 is 0. The first-order chi connectivity index (χ1) is 11.1. The summed E-state index contributed by atoms with van der Waals surface area (Å²) in [5.41, 5.74) is 0.914. The minimum atomic E-state index is -0.781. The number of rotatable bonds is 5. The second-order valence-corrected chi connectivity index (χ2v) is 6.20. The number of ether oxygens (including phenoxy) is 1. The van der Waals surface area contributed by atoms with Crippen molar-refractivity contribution in [1.82, 2.24) is 5.32 Å². The van der Waals surface area contributed by atoms with Gasteiger partial charge in [0.2, 0.25) is 0 Å². The van der Waals surface area contributed by atoms with Gasteiger partial charge in [-0.2, -0.15) is 0 Å². The molecule has 1 aliphatic rings. The van der Waals surface area contributed by atoms with Crippen LogP contribution in [0.4, 0.5) is 0 Å². The summed E-state index contributed by atoms with van der Waals surface area (Å²) in [6, 6.07) is 9.68. The van der Waals surface area contributed by atoms with Gasteiger partial charge in [0, 0.05) is 12.1 Å². The van der Waals surface area contributed by atoms with E-state index in [9.17, 15) is 9.59 Å². The van der Waals surface area contributed by atoms with Crippen molar-refractivity contribution in [2.45, 2.75) is 51.7 Å². The molecule has 0 aliphatic heterocycles. The van der Waals surface area contributed by atoms with E-state index in [2.05, 4.69) is 12.2 Å². The summed E-state index contributed by atoms with van der Waals surface area (Å²) in [4.78, 5) is 24.0. The van der Waals surface area contributed by atoms with Crippen molar-refractivity contribution in [1.29, 1.82) is 0 Å². The molecule has 0 spiro atoms. The Kier molecular flexibility index (Phi) is 6.39. The minimum absolute atomic E-state index is 0.192. The molecule has 0 saturated heterocycles. The Balaban J connectivity index is 1.80. The highest BCUT2D eigenvalue weighted by molar-refractivity contribution is 5.90. The molecule has 3 atom stereocenters. The molecule has 1 saturated carbocycles. The maximum absolute atomic E-state index is 12.2. The lowest BCUT2D eigenvalue weighted by Gasteiger charge is -2.30. The van der Waals surface area contributed by atoms with Crippen molar-refractivity contribution in [2.24, 2.45) is 5.92 Å². The molecule has 0 heterocycles. The quantitative estimate of drug-likeness (QED) is 0.670. The predicted octanol–water partition coefficient (Wildman–Crippen LogP) is 3.33. The first-order valence-corrected chi connectivity index (χ1v) is 8.30.